The molecule has 0 saturated heterocycles. The van der Waals surface area contributed by atoms with Crippen molar-refractivity contribution in [2.24, 2.45) is 0 Å². The third kappa shape index (κ3) is 4.51. The van der Waals surface area contributed by atoms with Gasteiger partial charge < -0.3 is 4.74 Å². The average Bonchev–Trinajstić information content (AvgIpc) is 2.98. The topological polar surface area (TPSA) is 46.8 Å². The molecule has 0 N–H and O–H groups in total. The van der Waals surface area contributed by atoms with Crippen molar-refractivity contribution in [1.82, 2.24) is 14.3 Å². The molecule has 0 aliphatic carbocycles. The van der Waals surface area contributed by atoms with Gasteiger partial charge in [-0.1, -0.05) is 19.1 Å². The molecular weight excluding hydrogens is 346 g/mol. The van der Waals surface area contributed by atoms with E-state index in [1.807, 2.05) is 32.2 Å². The maximum Gasteiger partial charge on any atom is 0.258 e. The molecule has 0 fully saturated rings. The zero-order valence-corrected chi connectivity index (χ0v) is 16.4. The van der Waals surface area contributed by atoms with Gasteiger partial charge in [-0.25, -0.2) is 4.98 Å². The van der Waals surface area contributed by atoms with Crippen LogP contribution in [0.5, 0.6) is 5.75 Å². The predicted molar refractivity (Wildman–Crippen MR) is 106 cm³/mol. The molecule has 0 aliphatic heterocycles. The third-order valence-corrected chi connectivity index (χ3v) is 5.00. The highest BCUT2D eigenvalue weighted by molar-refractivity contribution is 7.16. The van der Waals surface area contributed by atoms with Crippen molar-refractivity contribution in [3.05, 3.63) is 63.0 Å². The third-order valence-electron chi connectivity index (χ3n) is 4.10. The normalized spacial score (nSPS) is 11.4. The fraction of sp³-hybridized carbons (Fsp3) is 0.400. The molecule has 2 aromatic heterocycles. The first-order chi connectivity index (χ1) is 12.6. The van der Waals surface area contributed by atoms with E-state index in [9.17, 15) is 4.79 Å². The number of nitrogens with zero attached hydrogens (tertiary/aromatic N) is 3. The zero-order chi connectivity index (χ0) is 18.5. The lowest BCUT2D eigenvalue weighted by Gasteiger charge is -2.21. The van der Waals surface area contributed by atoms with Gasteiger partial charge in [0.25, 0.3) is 5.56 Å². The minimum absolute atomic E-state index is 0.00753. The van der Waals surface area contributed by atoms with E-state index in [4.69, 9.17) is 4.74 Å². The number of rotatable bonds is 8. The number of aromatic nitrogens is 2. The number of thiazole rings is 1. The lowest BCUT2D eigenvalue weighted by atomic mass is 10.2. The minimum Gasteiger partial charge on any atom is -0.494 e. The molecule has 2 heterocycles. The van der Waals surface area contributed by atoms with Crippen LogP contribution in [0.1, 0.15) is 36.4 Å². The van der Waals surface area contributed by atoms with Crippen LogP contribution in [0.25, 0.3) is 4.96 Å². The van der Waals surface area contributed by atoms with Crippen molar-refractivity contribution in [3.63, 3.8) is 0 Å². The van der Waals surface area contributed by atoms with Crippen molar-refractivity contribution in [1.29, 1.82) is 0 Å². The number of hydrogen-bond donors (Lipinski definition) is 0. The summed E-state index contributed by atoms with van der Waals surface area (Å²) in [5.74, 6) is 0.895. The van der Waals surface area contributed by atoms with E-state index in [0.29, 0.717) is 13.2 Å². The van der Waals surface area contributed by atoms with Crippen LogP contribution in [0.2, 0.25) is 0 Å². The SMILES string of the molecule is CCCN(Cc1ccc(OCC)cc1)Cc1cc(=O)n2cc(C)sc2n1. The van der Waals surface area contributed by atoms with Gasteiger partial charge in [0, 0.05) is 30.2 Å². The summed E-state index contributed by atoms with van der Waals surface area (Å²) in [6.45, 7) is 9.27. The van der Waals surface area contributed by atoms with Gasteiger partial charge in [-0.2, -0.15) is 0 Å². The van der Waals surface area contributed by atoms with Gasteiger partial charge in [-0.05, 0) is 44.5 Å². The molecule has 6 heteroatoms. The van der Waals surface area contributed by atoms with Gasteiger partial charge in [0.2, 0.25) is 0 Å². The Bertz CT molecular complexity index is 915. The summed E-state index contributed by atoms with van der Waals surface area (Å²) in [6, 6.07) is 9.87. The number of benzene rings is 1. The summed E-state index contributed by atoms with van der Waals surface area (Å²) in [5, 5.41) is 0. The average molecular weight is 372 g/mol. The summed E-state index contributed by atoms with van der Waals surface area (Å²) in [5.41, 5.74) is 2.05. The van der Waals surface area contributed by atoms with E-state index in [-0.39, 0.29) is 5.56 Å². The molecule has 1 aromatic carbocycles. The maximum atomic E-state index is 12.3. The van der Waals surface area contributed by atoms with E-state index in [1.54, 1.807) is 21.8 Å². The second-order valence-electron chi connectivity index (χ2n) is 6.37. The predicted octanol–water partition coefficient (Wildman–Crippen LogP) is 3.88. The lowest BCUT2D eigenvalue weighted by Crippen LogP contribution is -2.25. The highest BCUT2D eigenvalue weighted by Gasteiger charge is 2.11. The van der Waals surface area contributed by atoms with Crippen molar-refractivity contribution in [3.8, 4) is 5.75 Å². The van der Waals surface area contributed by atoms with Gasteiger partial charge in [0.1, 0.15) is 5.75 Å². The van der Waals surface area contributed by atoms with Crippen molar-refractivity contribution >= 4 is 16.3 Å². The lowest BCUT2D eigenvalue weighted by molar-refractivity contribution is 0.254. The number of ether oxygens (including phenoxy) is 1. The van der Waals surface area contributed by atoms with Gasteiger partial charge in [-0.15, -0.1) is 11.3 Å². The Kier molecular flexibility index (Phi) is 6.06. The number of fused-ring (bicyclic) bond motifs is 1. The Hall–Kier alpha value is -2.18. The Morgan fingerprint density at radius 2 is 1.96 bits per heavy atom. The van der Waals surface area contributed by atoms with Crippen molar-refractivity contribution in [2.45, 2.75) is 40.3 Å². The Morgan fingerprint density at radius 1 is 1.19 bits per heavy atom. The minimum atomic E-state index is -0.00753. The van der Waals surface area contributed by atoms with Crippen LogP contribution >= 0.6 is 11.3 Å². The Labute approximate surface area is 157 Å². The number of aryl methyl sites for hydroxylation is 1. The standard InChI is InChI=1S/C20H25N3O2S/c1-4-10-22(13-16-6-8-18(9-7-16)25-5-2)14-17-11-19(24)23-12-15(3)26-20(23)21-17/h6-9,11-12H,4-5,10,13-14H2,1-3H3. The summed E-state index contributed by atoms with van der Waals surface area (Å²) < 4.78 is 7.13. The molecule has 0 saturated carbocycles. The Balaban J connectivity index is 1.76. The molecule has 0 unspecified atom stereocenters. The van der Waals surface area contributed by atoms with Crippen LogP contribution in [-0.4, -0.2) is 27.4 Å². The van der Waals surface area contributed by atoms with Crippen LogP contribution in [0.4, 0.5) is 0 Å². The first-order valence-electron chi connectivity index (χ1n) is 9.02. The monoisotopic (exact) mass is 371 g/mol. The quantitative estimate of drug-likeness (QED) is 0.603. The second kappa shape index (κ2) is 8.47. The van der Waals surface area contributed by atoms with E-state index in [1.165, 1.54) is 5.56 Å². The van der Waals surface area contributed by atoms with Gasteiger partial charge in [0.05, 0.1) is 12.3 Å². The molecule has 138 valence electrons. The van der Waals surface area contributed by atoms with Crippen molar-refractivity contribution in [2.75, 3.05) is 13.2 Å². The molecule has 0 amide bonds. The maximum absolute atomic E-state index is 12.3. The van der Waals surface area contributed by atoms with Crippen LogP contribution < -0.4 is 10.3 Å². The molecule has 3 rings (SSSR count). The highest BCUT2D eigenvalue weighted by atomic mass is 32.1. The Morgan fingerprint density at radius 3 is 2.65 bits per heavy atom. The second-order valence-corrected chi connectivity index (χ2v) is 7.58. The van der Waals surface area contributed by atoms with E-state index < -0.39 is 0 Å². The summed E-state index contributed by atoms with van der Waals surface area (Å²) in [6.07, 6.45) is 2.90. The van der Waals surface area contributed by atoms with Crippen LogP contribution in [0.3, 0.4) is 0 Å². The van der Waals surface area contributed by atoms with E-state index >= 15 is 0 Å². The molecule has 0 spiro atoms. The zero-order valence-electron chi connectivity index (χ0n) is 15.6. The van der Waals surface area contributed by atoms with E-state index in [0.717, 1.165) is 40.8 Å². The van der Waals surface area contributed by atoms with Crippen molar-refractivity contribution < 1.29 is 4.74 Å². The van der Waals surface area contributed by atoms with Gasteiger partial charge in [0.15, 0.2) is 4.96 Å². The summed E-state index contributed by atoms with van der Waals surface area (Å²) >= 11 is 1.55. The molecule has 3 aromatic rings. The molecular formula is C20H25N3O2S. The molecule has 26 heavy (non-hydrogen) atoms. The fourth-order valence-electron chi connectivity index (χ4n) is 3.01. The summed E-state index contributed by atoms with van der Waals surface area (Å²) in [4.78, 5) is 21.2. The first kappa shape index (κ1) is 18.6. The van der Waals surface area contributed by atoms with Crippen LogP contribution in [0, 0.1) is 6.92 Å². The van der Waals surface area contributed by atoms with Gasteiger partial charge in [-0.3, -0.25) is 14.1 Å². The molecule has 0 atom stereocenters. The van der Waals surface area contributed by atoms with E-state index in [2.05, 4.69) is 28.9 Å². The largest absolute Gasteiger partial charge is 0.494 e. The molecule has 0 bridgehead atoms. The van der Waals surface area contributed by atoms with Crippen LogP contribution in [0.15, 0.2) is 41.3 Å². The van der Waals surface area contributed by atoms with Crippen LogP contribution in [-0.2, 0) is 13.1 Å². The summed E-state index contributed by atoms with van der Waals surface area (Å²) in [7, 11) is 0. The highest BCUT2D eigenvalue weighted by Crippen LogP contribution is 2.16. The molecule has 0 aliphatic rings. The first-order valence-corrected chi connectivity index (χ1v) is 9.83. The molecule has 5 nitrogen and oxygen atoms in total. The smallest absolute Gasteiger partial charge is 0.258 e. The molecule has 0 radical (unpaired) electrons. The number of hydrogen-bond acceptors (Lipinski definition) is 5. The fourth-order valence-corrected chi connectivity index (χ4v) is 3.86. The van der Waals surface area contributed by atoms with Gasteiger partial charge >= 0.3 is 0 Å².